The molecule has 2 unspecified atom stereocenters. The molecule has 168 valence electrons. The fraction of sp³-hybridized carbons (Fsp3) is 0.417. The predicted octanol–water partition coefficient (Wildman–Crippen LogP) is 4.90. The molecule has 0 radical (unpaired) electrons. The van der Waals surface area contributed by atoms with Crippen LogP contribution < -0.4 is 11.1 Å². The van der Waals surface area contributed by atoms with Crippen LogP contribution in [0.4, 0.5) is 11.7 Å². The molecular formula is C24H30N6O2. The third-order valence-electron chi connectivity index (χ3n) is 5.02. The quantitative estimate of drug-likeness (QED) is 0.565. The number of amides is 1. The van der Waals surface area contributed by atoms with Gasteiger partial charge in [-0.1, -0.05) is 50.2 Å². The van der Waals surface area contributed by atoms with Gasteiger partial charge in [-0.15, -0.1) is 0 Å². The Balaban J connectivity index is 1.78. The van der Waals surface area contributed by atoms with Gasteiger partial charge < -0.3 is 10.3 Å². The van der Waals surface area contributed by atoms with Crippen molar-refractivity contribution in [3.8, 4) is 17.3 Å². The molecule has 0 spiro atoms. The van der Waals surface area contributed by atoms with Gasteiger partial charge in [-0.3, -0.25) is 10.1 Å². The summed E-state index contributed by atoms with van der Waals surface area (Å²) in [6.07, 6.45) is 0.722. The van der Waals surface area contributed by atoms with E-state index in [1.54, 1.807) is 37.3 Å². The molecule has 2 atom stereocenters. The van der Waals surface area contributed by atoms with E-state index in [0.29, 0.717) is 11.4 Å². The molecule has 1 amide bonds. The van der Waals surface area contributed by atoms with Crippen molar-refractivity contribution in [3.63, 3.8) is 0 Å². The molecule has 8 heteroatoms. The molecule has 32 heavy (non-hydrogen) atoms. The highest BCUT2D eigenvalue weighted by Crippen LogP contribution is 2.30. The van der Waals surface area contributed by atoms with Crippen molar-refractivity contribution in [1.82, 2.24) is 14.9 Å². The average molecular weight is 438 g/mol. The molecule has 0 fully saturated rings. The van der Waals surface area contributed by atoms with Crippen LogP contribution in [0.15, 0.2) is 34.9 Å². The summed E-state index contributed by atoms with van der Waals surface area (Å²) in [6, 6.07) is 9.71. The summed E-state index contributed by atoms with van der Waals surface area (Å²) in [5.41, 5.74) is 8.57. The molecule has 0 saturated carbocycles. The van der Waals surface area contributed by atoms with Crippen molar-refractivity contribution in [2.75, 3.05) is 11.1 Å². The van der Waals surface area contributed by atoms with Crippen LogP contribution in [-0.2, 0) is 11.2 Å². The zero-order valence-corrected chi connectivity index (χ0v) is 18.9. The Kier molecular flexibility index (Phi) is 5.30. The molecule has 0 aliphatic heterocycles. The van der Waals surface area contributed by atoms with Crippen molar-refractivity contribution < 1.29 is 13.4 Å². The highest BCUT2D eigenvalue weighted by atomic mass is 16.5. The van der Waals surface area contributed by atoms with Crippen molar-refractivity contribution in [1.29, 1.82) is 5.26 Å². The zero-order chi connectivity index (χ0) is 26.1. The first-order valence-electron chi connectivity index (χ1n) is 11.9. The second-order valence-corrected chi connectivity index (χ2v) is 9.09. The standard InChI is InChI=1S/C24H30N6O2/c1-14(2)30-22(26)19(13-25)21(28-30)17-9-7-16(8-10-17)15(3)23(31)27-20-11-18(29-32-20)12-24(4,5)6/h7-11,14-15H,12,26H2,1-6H3,(H,27,31)/i1D3. The topological polar surface area (TPSA) is 123 Å². The van der Waals surface area contributed by atoms with E-state index < -0.39 is 18.8 Å². The fourth-order valence-corrected chi connectivity index (χ4v) is 3.36. The average Bonchev–Trinajstić information content (AvgIpc) is 3.33. The summed E-state index contributed by atoms with van der Waals surface area (Å²) in [6.45, 7) is 7.20. The third kappa shape index (κ3) is 4.99. The van der Waals surface area contributed by atoms with E-state index in [0.717, 1.165) is 22.4 Å². The molecular weight excluding hydrogens is 404 g/mol. The maximum atomic E-state index is 12.8. The van der Waals surface area contributed by atoms with Crippen molar-refractivity contribution in [2.24, 2.45) is 5.41 Å². The lowest BCUT2D eigenvalue weighted by molar-refractivity contribution is -0.117. The second kappa shape index (κ2) is 8.87. The van der Waals surface area contributed by atoms with Gasteiger partial charge in [-0.25, -0.2) is 4.68 Å². The monoisotopic (exact) mass is 437 g/mol. The van der Waals surface area contributed by atoms with E-state index in [9.17, 15) is 10.1 Å². The summed E-state index contributed by atoms with van der Waals surface area (Å²) < 4.78 is 29.3. The fourth-order valence-electron chi connectivity index (χ4n) is 3.36. The van der Waals surface area contributed by atoms with Gasteiger partial charge in [0.05, 0.1) is 11.6 Å². The van der Waals surface area contributed by atoms with Crippen molar-refractivity contribution in [3.05, 3.63) is 47.2 Å². The number of nitrogens with one attached hydrogen (secondary N) is 1. The number of carbonyl (C=O) groups excluding carboxylic acids is 1. The molecule has 8 nitrogen and oxygen atoms in total. The van der Waals surface area contributed by atoms with E-state index >= 15 is 0 Å². The molecule has 0 bridgehead atoms. The SMILES string of the molecule is [2H]C([2H])([2H])C(C)n1nc(-c2ccc(C(C)C(=O)Nc3cc(CC(C)(C)C)no3)cc2)c(C#N)c1N. The van der Waals surface area contributed by atoms with E-state index in [2.05, 4.69) is 36.3 Å². The van der Waals surface area contributed by atoms with Gasteiger partial charge in [0, 0.05) is 21.8 Å². The van der Waals surface area contributed by atoms with Gasteiger partial charge in [-0.2, -0.15) is 10.4 Å². The predicted molar refractivity (Wildman–Crippen MR) is 124 cm³/mol. The number of benzene rings is 1. The molecule has 2 aromatic heterocycles. The van der Waals surface area contributed by atoms with E-state index in [1.165, 1.54) is 6.92 Å². The maximum absolute atomic E-state index is 12.8. The highest BCUT2D eigenvalue weighted by molar-refractivity contribution is 5.94. The maximum Gasteiger partial charge on any atom is 0.234 e. The number of carbonyl (C=O) groups is 1. The minimum Gasteiger partial charge on any atom is -0.383 e. The number of anilines is 2. The van der Waals surface area contributed by atoms with Gasteiger partial charge in [0.15, 0.2) is 0 Å². The minimum absolute atomic E-state index is 0.000773. The van der Waals surface area contributed by atoms with Crippen LogP contribution in [0.2, 0.25) is 0 Å². The van der Waals surface area contributed by atoms with Gasteiger partial charge in [0.25, 0.3) is 0 Å². The first-order chi connectivity index (χ1) is 16.2. The Morgan fingerprint density at radius 3 is 2.62 bits per heavy atom. The minimum atomic E-state index is -2.33. The Hall–Kier alpha value is -3.60. The summed E-state index contributed by atoms with van der Waals surface area (Å²) in [5.74, 6) is -0.454. The largest absolute Gasteiger partial charge is 0.383 e. The van der Waals surface area contributed by atoms with E-state index in [4.69, 9.17) is 14.4 Å². The number of nitrogens with zero attached hydrogens (tertiary/aromatic N) is 4. The van der Waals surface area contributed by atoms with Crippen LogP contribution in [0, 0.1) is 16.7 Å². The van der Waals surface area contributed by atoms with Crippen LogP contribution in [0.1, 0.15) is 74.4 Å². The number of rotatable bonds is 6. The van der Waals surface area contributed by atoms with Gasteiger partial charge in [-0.05, 0) is 38.1 Å². The molecule has 3 rings (SSSR count). The molecule has 2 heterocycles. The molecule has 0 aliphatic carbocycles. The van der Waals surface area contributed by atoms with Crippen LogP contribution in [0.3, 0.4) is 0 Å². The number of nitrogens with two attached hydrogens (primary N) is 1. The van der Waals surface area contributed by atoms with Crippen LogP contribution >= 0.6 is 0 Å². The smallest absolute Gasteiger partial charge is 0.234 e. The Bertz CT molecular complexity index is 1250. The Morgan fingerprint density at radius 1 is 1.34 bits per heavy atom. The molecule has 0 aliphatic rings. The summed E-state index contributed by atoms with van der Waals surface area (Å²) in [4.78, 5) is 12.8. The van der Waals surface area contributed by atoms with E-state index in [-0.39, 0.29) is 28.4 Å². The molecule has 1 aromatic carbocycles. The first kappa shape index (κ1) is 19.1. The summed E-state index contributed by atoms with van der Waals surface area (Å²) in [7, 11) is 0. The summed E-state index contributed by atoms with van der Waals surface area (Å²) in [5, 5.41) is 20.7. The van der Waals surface area contributed by atoms with Gasteiger partial charge >= 0.3 is 0 Å². The number of nitrogen functional groups attached to an aromatic ring is 1. The number of aromatic nitrogens is 3. The number of hydrogen-bond acceptors (Lipinski definition) is 6. The van der Waals surface area contributed by atoms with Crippen LogP contribution in [-0.4, -0.2) is 20.8 Å². The third-order valence-corrected chi connectivity index (χ3v) is 5.02. The Labute approximate surface area is 192 Å². The lowest BCUT2D eigenvalue weighted by atomic mass is 9.91. The van der Waals surface area contributed by atoms with Crippen LogP contribution in [0.5, 0.6) is 0 Å². The van der Waals surface area contributed by atoms with Crippen LogP contribution in [0.25, 0.3) is 11.3 Å². The first-order valence-corrected chi connectivity index (χ1v) is 10.4. The van der Waals surface area contributed by atoms with Gasteiger partial charge in [0.1, 0.15) is 23.1 Å². The normalized spacial score (nSPS) is 15.2. The lowest BCUT2D eigenvalue weighted by Crippen LogP contribution is -2.18. The molecule has 0 saturated heterocycles. The highest BCUT2D eigenvalue weighted by Gasteiger charge is 2.21. The van der Waals surface area contributed by atoms with Crippen molar-refractivity contribution in [2.45, 2.75) is 59.9 Å². The van der Waals surface area contributed by atoms with Gasteiger partial charge in [0.2, 0.25) is 11.8 Å². The van der Waals surface area contributed by atoms with E-state index in [1.807, 2.05) is 6.07 Å². The lowest BCUT2D eigenvalue weighted by Gasteiger charge is -2.15. The second-order valence-electron chi connectivity index (χ2n) is 9.09. The molecule has 3 aromatic rings. The zero-order valence-electron chi connectivity index (χ0n) is 21.9. The number of hydrogen-bond donors (Lipinski definition) is 2. The number of nitriles is 1. The molecule has 3 N–H and O–H groups in total. The Morgan fingerprint density at radius 2 is 2.03 bits per heavy atom. The summed E-state index contributed by atoms with van der Waals surface area (Å²) >= 11 is 0. The van der Waals surface area contributed by atoms with Crippen molar-refractivity contribution >= 4 is 17.6 Å².